The Bertz CT molecular complexity index is 520. The number of azide groups is 1. The molecule has 0 bridgehead atoms. The second kappa shape index (κ2) is 7.24. The highest BCUT2D eigenvalue weighted by atomic mass is 16.5. The number of rotatable bonds is 6. The Morgan fingerprint density at radius 3 is 2.84 bits per heavy atom. The highest BCUT2D eigenvalue weighted by Crippen LogP contribution is 2.25. The van der Waals surface area contributed by atoms with Crippen molar-refractivity contribution in [3.63, 3.8) is 0 Å². The van der Waals surface area contributed by atoms with Crippen LogP contribution < -0.4 is 4.74 Å². The van der Waals surface area contributed by atoms with Crippen LogP contribution in [0.2, 0.25) is 0 Å². The number of hydrogen-bond donors (Lipinski definition) is 2. The molecular weight excluding hydrogens is 248 g/mol. The van der Waals surface area contributed by atoms with E-state index in [1.165, 1.54) is 13.2 Å². The highest BCUT2D eigenvalue weighted by molar-refractivity contribution is 5.46. The largest absolute Gasteiger partial charge is 0.495 e. The molecule has 0 radical (unpaired) electrons. The van der Waals surface area contributed by atoms with Gasteiger partial charge in [-0.15, -0.1) is 0 Å². The van der Waals surface area contributed by atoms with Gasteiger partial charge in [0.25, 0.3) is 0 Å². The van der Waals surface area contributed by atoms with Crippen LogP contribution in [-0.4, -0.2) is 30.0 Å². The van der Waals surface area contributed by atoms with Crippen LogP contribution in [0.25, 0.3) is 10.4 Å². The molecule has 2 unspecified atom stereocenters. The lowest BCUT2D eigenvalue weighted by Crippen LogP contribution is -2.19. The predicted octanol–water partition coefficient (Wildman–Crippen LogP) is 1.66. The number of aliphatic hydroxyl groups is 2. The van der Waals surface area contributed by atoms with Gasteiger partial charge in [-0.1, -0.05) is 11.2 Å². The Hall–Kier alpha value is -2.26. The summed E-state index contributed by atoms with van der Waals surface area (Å²) in [6, 6.07) is 6.53. The van der Waals surface area contributed by atoms with Gasteiger partial charge in [-0.25, -0.2) is 0 Å². The van der Waals surface area contributed by atoms with E-state index in [2.05, 4.69) is 10.0 Å². The Kier molecular flexibility index (Phi) is 5.64. The van der Waals surface area contributed by atoms with Gasteiger partial charge in [0.1, 0.15) is 17.9 Å². The lowest BCUT2D eigenvalue weighted by molar-refractivity contribution is 0.0150. The van der Waals surface area contributed by atoms with E-state index in [1.807, 2.05) is 6.07 Å². The maximum atomic E-state index is 9.94. The molecule has 0 saturated carbocycles. The predicted molar refractivity (Wildman–Crippen MR) is 67.3 cm³/mol. The molecule has 0 aromatic heterocycles. The summed E-state index contributed by atoms with van der Waals surface area (Å²) in [7, 11) is 1.45. The number of ether oxygens (including phenoxy) is 1. The van der Waals surface area contributed by atoms with Gasteiger partial charge in [0.2, 0.25) is 0 Å². The van der Waals surface area contributed by atoms with Crippen LogP contribution in [0.1, 0.15) is 23.7 Å². The number of aliphatic hydroxyl groups excluding tert-OH is 2. The van der Waals surface area contributed by atoms with Gasteiger partial charge in [0.05, 0.1) is 18.8 Å². The van der Waals surface area contributed by atoms with Crippen LogP contribution in [0.4, 0.5) is 0 Å². The molecule has 100 valence electrons. The van der Waals surface area contributed by atoms with Crippen molar-refractivity contribution in [2.45, 2.75) is 18.6 Å². The second-order valence-corrected chi connectivity index (χ2v) is 3.83. The lowest BCUT2D eigenvalue weighted by atomic mass is 10.00. The topological polar surface area (TPSA) is 122 Å². The third-order valence-corrected chi connectivity index (χ3v) is 2.64. The minimum atomic E-state index is -1.15. The van der Waals surface area contributed by atoms with E-state index < -0.39 is 12.2 Å². The van der Waals surface area contributed by atoms with Crippen molar-refractivity contribution < 1.29 is 14.9 Å². The molecule has 1 aromatic carbocycles. The summed E-state index contributed by atoms with van der Waals surface area (Å²) in [5, 5.41) is 31.9. The molecule has 1 rings (SSSR count). The minimum Gasteiger partial charge on any atom is -0.495 e. The van der Waals surface area contributed by atoms with Gasteiger partial charge in [-0.2, -0.15) is 5.26 Å². The molecule has 0 saturated heterocycles. The van der Waals surface area contributed by atoms with E-state index in [0.717, 1.165) is 0 Å². The first-order valence-corrected chi connectivity index (χ1v) is 5.59. The first kappa shape index (κ1) is 14.8. The van der Waals surface area contributed by atoms with E-state index in [1.54, 1.807) is 12.1 Å². The lowest BCUT2D eigenvalue weighted by Gasteiger charge is -2.18. The van der Waals surface area contributed by atoms with Crippen molar-refractivity contribution in [3.8, 4) is 11.8 Å². The van der Waals surface area contributed by atoms with Gasteiger partial charge in [-0.3, -0.25) is 0 Å². The maximum absolute atomic E-state index is 9.94. The van der Waals surface area contributed by atoms with Crippen molar-refractivity contribution in [1.82, 2.24) is 0 Å². The van der Waals surface area contributed by atoms with Crippen molar-refractivity contribution in [3.05, 3.63) is 39.8 Å². The molecule has 0 aliphatic heterocycles. The quantitative estimate of drug-likeness (QED) is 0.459. The van der Waals surface area contributed by atoms with Crippen LogP contribution in [-0.2, 0) is 0 Å². The van der Waals surface area contributed by atoms with E-state index in [-0.39, 0.29) is 18.5 Å². The molecule has 0 spiro atoms. The summed E-state index contributed by atoms with van der Waals surface area (Å²) >= 11 is 0. The monoisotopic (exact) mass is 262 g/mol. The number of hydrogen-bond acceptors (Lipinski definition) is 5. The molecule has 0 aliphatic rings. The van der Waals surface area contributed by atoms with Gasteiger partial charge in [0.15, 0.2) is 0 Å². The van der Waals surface area contributed by atoms with E-state index >= 15 is 0 Å². The zero-order valence-electron chi connectivity index (χ0n) is 10.4. The van der Waals surface area contributed by atoms with Gasteiger partial charge in [-0.05, 0) is 29.6 Å². The number of methoxy groups -OCH3 is 1. The van der Waals surface area contributed by atoms with E-state index in [0.29, 0.717) is 11.3 Å². The van der Waals surface area contributed by atoms with Gasteiger partial charge < -0.3 is 14.9 Å². The fourth-order valence-electron chi connectivity index (χ4n) is 1.61. The SMILES string of the molecule is COc1ccc(C(O)C(O)CCN=[N+]=[N-])cc1C#N. The van der Waals surface area contributed by atoms with Crippen molar-refractivity contribution in [1.29, 1.82) is 5.26 Å². The third kappa shape index (κ3) is 3.86. The zero-order valence-corrected chi connectivity index (χ0v) is 10.4. The fourth-order valence-corrected chi connectivity index (χ4v) is 1.61. The molecule has 0 aliphatic carbocycles. The van der Waals surface area contributed by atoms with Crippen LogP contribution >= 0.6 is 0 Å². The van der Waals surface area contributed by atoms with Crippen molar-refractivity contribution >= 4 is 0 Å². The first-order valence-electron chi connectivity index (χ1n) is 5.59. The van der Waals surface area contributed by atoms with Crippen LogP contribution in [0, 0.1) is 11.3 Å². The number of benzene rings is 1. The summed E-state index contributed by atoms with van der Waals surface area (Å²) < 4.78 is 4.99. The molecule has 1 aromatic rings. The van der Waals surface area contributed by atoms with Crippen LogP contribution in [0.3, 0.4) is 0 Å². The van der Waals surface area contributed by atoms with Gasteiger partial charge in [0, 0.05) is 11.5 Å². The van der Waals surface area contributed by atoms with Crippen molar-refractivity contribution in [2.24, 2.45) is 5.11 Å². The second-order valence-electron chi connectivity index (χ2n) is 3.83. The fraction of sp³-hybridized carbons (Fsp3) is 0.417. The molecule has 0 fully saturated rings. The van der Waals surface area contributed by atoms with E-state index in [4.69, 9.17) is 15.5 Å². The zero-order chi connectivity index (χ0) is 14.3. The summed E-state index contributed by atoms with van der Waals surface area (Å²) in [6.45, 7) is 0.0932. The standard InChI is InChI=1S/C12H14N4O3/c1-19-11-3-2-8(6-9(11)7-13)12(18)10(17)4-5-15-16-14/h2-3,6,10,12,17-18H,4-5H2,1H3. The first-order chi connectivity index (χ1) is 9.13. The summed E-state index contributed by atoms with van der Waals surface area (Å²) in [6.07, 6.45) is -2.07. The Labute approximate surface area is 110 Å². The maximum Gasteiger partial charge on any atom is 0.136 e. The van der Waals surface area contributed by atoms with Gasteiger partial charge >= 0.3 is 0 Å². The summed E-state index contributed by atoms with van der Waals surface area (Å²) in [4.78, 5) is 2.56. The highest BCUT2D eigenvalue weighted by Gasteiger charge is 2.19. The summed E-state index contributed by atoms with van der Waals surface area (Å²) in [5.74, 6) is 0.405. The van der Waals surface area contributed by atoms with Crippen LogP contribution in [0.5, 0.6) is 5.75 Å². The number of nitriles is 1. The molecule has 0 heterocycles. The molecule has 0 amide bonds. The molecule has 7 nitrogen and oxygen atoms in total. The Morgan fingerprint density at radius 1 is 1.53 bits per heavy atom. The van der Waals surface area contributed by atoms with Crippen molar-refractivity contribution in [2.75, 3.05) is 13.7 Å². The Morgan fingerprint density at radius 2 is 2.26 bits per heavy atom. The average Bonchev–Trinajstić information content (AvgIpc) is 2.45. The average molecular weight is 262 g/mol. The summed E-state index contributed by atoms with van der Waals surface area (Å²) in [5.41, 5.74) is 8.81. The molecule has 2 atom stereocenters. The smallest absolute Gasteiger partial charge is 0.136 e. The molecular formula is C12H14N4O3. The Balaban J connectivity index is 2.84. The number of nitrogens with zero attached hydrogens (tertiary/aromatic N) is 4. The normalized spacial score (nSPS) is 12.9. The third-order valence-electron chi connectivity index (χ3n) is 2.64. The minimum absolute atomic E-state index is 0.0932. The molecule has 2 N–H and O–H groups in total. The van der Waals surface area contributed by atoms with Crippen LogP contribution in [0.15, 0.2) is 23.3 Å². The molecule has 19 heavy (non-hydrogen) atoms. The van der Waals surface area contributed by atoms with E-state index in [9.17, 15) is 10.2 Å². The molecule has 7 heteroatoms.